The van der Waals surface area contributed by atoms with Crippen LogP contribution in [0.3, 0.4) is 0 Å². The summed E-state index contributed by atoms with van der Waals surface area (Å²) in [6.07, 6.45) is 20.0. The van der Waals surface area contributed by atoms with Crippen molar-refractivity contribution in [1.29, 1.82) is 0 Å². The summed E-state index contributed by atoms with van der Waals surface area (Å²) in [4.78, 5) is 0. The molecule has 0 atom stereocenters. The number of rotatable bonds is 0. The Morgan fingerprint density at radius 3 is 1.14 bits per heavy atom. The molecular weight excluding hydrogens is 320 g/mol. The van der Waals surface area contributed by atoms with Gasteiger partial charge in [0.2, 0.25) is 0 Å². The molecule has 0 saturated carbocycles. The van der Waals surface area contributed by atoms with Crippen LogP contribution in [-0.2, 0) is 21.7 Å². The number of hydrogen-bond acceptors (Lipinski definition) is 0. The van der Waals surface area contributed by atoms with E-state index in [1.807, 2.05) is 24.3 Å². The summed E-state index contributed by atoms with van der Waals surface area (Å²) in [6.45, 7) is 13.8. The fraction of sp³-hybridized carbons (Fsp3) is 0.444. The molecule has 0 unspecified atom stereocenters. The van der Waals surface area contributed by atoms with Gasteiger partial charge in [0.05, 0.1) is 0 Å². The fourth-order valence-corrected chi connectivity index (χ4v) is 4.06. The van der Waals surface area contributed by atoms with Gasteiger partial charge in [-0.3, -0.25) is 12.2 Å². The van der Waals surface area contributed by atoms with Crippen LogP contribution in [0.1, 0.15) is 12.8 Å². The Morgan fingerprint density at radius 2 is 1.05 bits per heavy atom. The topological polar surface area (TPSA) is 0 Å². The van der Waals surface area contributed by atoms with Crippen molar-refractivity contribution in [2.24, 2.45) is 0 Å². The van der Waals surface area contributed by atoms with E-state index >= 15 is 0 Å². The zero-order valence-electron chi connectivity index (χ0n) is 14.4. The summed E-state index contributed by atoms with van der Waals surface area (Å²) in [6, 6.07) is 0. The molecular formula is C18H28Si2Ti. The predicted octanol–water partition coefficient (Wildman–Crippen LogP) is 5.35. The first kappa shape index (κ1) is 22.9. The third kappa shape index (κ3) is 22.1. The molecule has 2 aliphatic rings. The summed E-state index contributed by atoms with van der Waals surface area (Å²) in [5, 5.41) is 0. The molecule has 112 valence electrons. The van der Waals surface area contributed by atoms with E-state index in [9.17, 15) is 0 Å². The first-order chi connectivity index (χ1) is 9.21. The van der Waals surface area contributed by atoms with Crippen molar-refractivity contribution in [2.45, 2.75) is 52.1 Å². The third-order valence-corrected chi connectivity index (χ3v) is 3.98. The quantitative estimate of drug-likeness (QED) is 0.314. The summed E-state index contributed by atoms with van der Waals surface area (Å²) in [7, 11) is -2.19. The van der Waals surface area contributed by atoms with Crippen molar-refractivity contribution >= 4 is 16.1 Å². The smallest absolute Gasteiger partial charge is 0.273 e. The van der Waals surface area contributed by atoms with Crippen molar-refractivity contribution in [3.05, 3.63) is 48.6 Å². The molecule has 0 heterocycles. The SMILES string of the molecule is C[Si](C)(C)C#C[Si](C)(C)C.[C-]1=CC=CC1.[C-]1=CC=CC1.[Ti+2]. The Labute approximate surface area is 149 Å². The fourth-order valence-electron chi connectivity index (χ4n) is 1.06. The van der Waals surface area contributed by atoms with E-state index < -0.39 is 16.1 Å². The molecule has 0 aromatic heterocycles. The molecule has 3 heteroatoms. The van der Waals surface area contributed by atoms with E-state index in [1.165, 1.54) is 0 Å². The van der Waals surface area contributed by atoms with Crippen LogP contribution >= 0.6 is 0 Å². The van der Waals surface area contributed by atoms with Crippen molar-refractivity contribution in [1.82, 2.24) is 0 Å². The predicted molar refractivity (Wildman–Crippen MR) is 97.6 cm³/mol. The second kappa shape index (κ2) is 12.2. The van der Waals surface area contributed by atoms with Gasteiger partial charge in [-0.2, -0.15) is 12.2 Å². The van der Waals surface area contributed by atoms with Gasteiger partial charge in [-0.25, -0.2) is 24.3 Å². The first-order valence-corrected chi connectivity index (χ1v) is 14.2. The molecule has 0 aromatic carbocycles. The third-order valence-electron chi connectivity index (χ3n) is 1.98. The summed E-state index contributed by atoms with van der Waals surface area (Å²) in [5.74, 6) is 0. The van der Waals surface area contributed by atoms with Crippen molar-refractivity contribution in [2.75, 3.05) is 0 Å². The van der Waals surface area contributed by atoms with E-state index in [0.29, 0.717) is 0 Å². The van der Waals surface area contributed by atoms with Crippen molar-refractivity contribution < 1.29 is 21.7 Å². The molecule has 0 N–H and O–H groups in total. The van der Waals surface area contributed by atoms with Crippen LogP contribution in [0.5, 0.6) is 0 Å². The van der Waals surface area contributed by atoms with Gasteiger partial charge in [0.15, 0.2) is 0 Å². The van der Waals surface area contributed by atoms with E-state index in [2.05, 4.69) is 74.7 Å². The van der Waals surface area contributed by atoms with Crippen molar-refractivity contribution in [3.63, 3.8) is 0 Å². The molecule has 0 radical (unpaired) electrons. The first-order valence-electron chi connectivity index (χ1n) is 7.18. The van der Waals surface area contributed by atoms with Gasteiger partial charge in [0.1, 0.15) is 16.1 Å². The Bertz CT molecular complexity index is 373. The van der Waals surface area contributed by atoms with Crippen LogP contribution in [0, 0.1) is 23.2 Å². The van der Waals surface area contributed by atoms with Crippen LogP contribution in [0.2, 0.25) is 39.3 Å². The van der Waals surface area contributed by atoms with Crippen LogP contribution in [0.25, 0.3) is 0 Å². The molecule has 0 spiro atoms. The Hall–Kier alpha value is -0.332. The van der Waals surface area contributed by atoms with E-state index in [4.69, 9.17) is 0 Å². The van der Waals surface area contributed by atoms with E-state index in [-0.39, 0.29) is 21.7 Å². The van der Waals surface area contributed by atoms with Gasteiger partial charge in [-0.05, 0) is 0 Å². The van der Waals surface area contributed by atoms with Gasteiger partial charge in [0, 0.05) is 0 Å². The van der Waals surface area contributed by atoms with Gasteiger partial charge in [-0.15, -0.1) is 23.9 Å². The molecule has 2 aliphatic carbocycles. The van der Waals surface area contributed by atoms with Gasteiger partial charge >= 0.3 is 21.7 Å². The summed E-state index contributed by atoms with van der Waals surface area (Å²) < 4.78 is 0. The maximum Gasteiger partial charge on any atom is 2.00 e. The normalized spacial score (nSPS) is 14.2. The van der Waals surface area contributed by atoms with Crippen molar-refractivity contribution in [3.8, 4) is 11.1 Å². The van der Waals surface area contributed by atoms with Gasteiger partial charge < -0.3 is 0 Å². The summed E-state index contributed by atoms with van der Waals surface area (Å²) in [5.41, 5.74) is 6.82. The molecule has 0 bridgehead atoms. The van der Waals surface area contributed by atoms with Crippen LogP contribution in [-0.4, -0.2) is 16.1 Å². The standard InChI is InChI=1S/C8H18Si2.2C5H5.Ti/c1-9(2,3)7-8-10(4,5)6;2*1-2-4-5-3-1;/h1-6H3;2*1-3H,4H2;/q;2*-1;+2. The maximum absolute atomic E-state index is 3.41. The van der Waals surface area contributed by atoms with Crippen LogP contribution < -0.4 is 0 Å². The summed E-state index contributed by atoms with van der Waals surface area (Å²) >= 11 is 0. The largest absolute Gasteiger partial charge is 2.00 e. The molecule has 0 saturated heterocycles. The minimum absolute atomic E-state index is 0. The molecule has 0 aliphatic heterocycles. The zero-order valence-corrected chi connectivity index (χ0v) is 17.9. The second-order valence-corrected chi connectivity index (χ2v) is 16.3. The molecule has 0 aromatic rings. The zero-order chi connectivity index (χ0) is 15.5. The minimum Gasteiger partial charge on any atom is -0.273 e. The Kier molecular flexibility index (Phi) is 13.4. The van der Waals surface area contributed by atoms with E-state index in [0.717, 1.165) is 12.8 Å². The molecule has 0 amide bonds. The average Bonchev–Trinajstić information content (AvgIpc) is 3.03. The number of allylic oxidation sites excluding steroid dienone is 8. The average molecular weight is 348 g/mol. The monoisotopic (exact) mass is 348 g/mol. The minimum atomic E-state index is -1.09. The van der Waals surface area contributed by atoms with Crippen LogP contribution in [0.4, 0.5) is 0 Å². The molecule has 0 nitrogen and oxygen atoms in total. The second-order valence-electron chi connectivity index (χ2n) is 6.76. The van der Waals surface area contributed by atoms with Crippen LogP contribution in [0.15, 0.2) is 36.5 Å². The Morgan fingerprint density at radius 1 is 0.714 bits per heavy atom. The van der Waals surface area contributed by atoms with Gasteiger partial charge in [0.25, 0.3) is 0 Å². The maximum atomic E-state index is 3.41. The molecule has 2 rings (SSSR count). The Balaban J connectivity index is 0. The van der Waals surface area contributed by atoms with Gasteiger partial charge in [-0.1, -0.05) is 39.3 Å². The number of hydrogen-bond donors (Lipinski definition) is 0. The molecule has 0 fully saturated rings. The van der Waals surface area contributed by atoms with E-state index in [1.54, 1.807) is 0 Å². The molecule has 21 heavy (non-hydrogen) atoms.